The van der Waals surface area contributed by atoms with Gasteiger partial charge in [-0.05, 0) is 42.0 Å². The minimum atomic E-state index is -4.56. The standard InChI is InChI=1S/C16H10ClF3N2O3/c17-13-7-4-11(16(18,19)20)9-14(13)21-15(23)8-3-10-1-5-12(6-2-10)22(24)25/h1-9H,(H,21,23). The number of hydrogen-bond acceptors (Lipinski definition) is 3. The zero-order valence-electron chi connectivity index (χ0n) is 12.4. The van der Waals surface area contributed by atoms with Gasteiger partial charge >= 0.3 is 6.18 Å². The number of hydrogen-bond donors (Lipinski definition) is 1. The number of nitro groups is 1. The summed E-state index contributed by atoms with van der Waals surface area (Å²) < 4.78 is 38.0. The van der Waals surface area contributed by atoms with Crippen LogP contribution in [0.15, 0.2) is 48.5 Å². The lowest BCUT2D eigenvalue weighted by Gasteiger charge is -2.10. The molecule has 0 aromatic heterocycles. The van der Waals surface area contributed by atoms with Crippen LogP contribution in [0.5, 0.6) is 0 Å². The summed E-state index contributed by atoms with van der Waals surface area (Å²) in [5, 5.41) is 12.8. The lowest BCUT2D eigenvalue weighted by atomic mass is 10.2. The number of nitrogens with zero attached hydrogens (tertiary/aromatic N) is 1. The fourth-order valence-corrected chi connectivity index (χ4v) is 2.02. The van der Waals surface area contributed by atoms with E-state index in [9.17, 15) is 28.1 Å². The van der Waals surface area contributed by atoms with E-state index in [-0.39, 0.29) is 16.4 Å². The molecule has 0 atom stereocenters. The van der Waals surface area contributed by atoms with Gasteiger partial charge in [0.1, 0.15) is 0 Å². The molecule has 1 N–H and O–H groups in total. The number of carbonyl (C=O) groups is 1. The molecule has 0 aliphatic rings. The predicted octanol–water partition coefficient (Wildman–Crippen LogP) is 4.92. The van der Waals surface area contributed by atoms with Crippen LogP contribution in [0.2, 0.25) is 5.02 Å². The minimum absolute atomic E-state index is 0.0370. The first-order chi connectivity index (χ1) is 11.7. The van der Waals surface area contributed by atoms with Crippen molar-refractivity contribution in [1.29, 1.82) is 0 Å². The lowest BCUT2D eigenvalue weighted by Crippen LogP contribution is -2.11. The van der Waals surface area contributed by atoms with Crippen LogP contribution >= 0.6 is 11.6 Å². The van der Waals surface area contributed by atoms with Crippen LogP contribution in [0, 0.1) is 10.1 Å². The van der Waals surface area contributed by atoms with E-state index in [0.717, 1.165) is 24.3 Å². The second-order valence-electron chi connectivity index (χ2n) is 4.86. The molecule has 0 unspecified atom stereocenters. The molecule has 5 nitrogen and oxygen atoms in total. The van der Waals surface area contributed by atoms with Crippen molar-refractivity contribution in [1.82, 2.24) is 0 Å². The van der Waals surface area contributed by atoms with Crippen molar-refractivity contribution in [3.63, 3.8) is 0 Å². The third-order valence-electron chi connectivity index (χ3n) is 3.08. The Morgan fingerprint density at radius 1 is 1.16 bits per heavy atom. The average molecular weight is 371 g/mol. The largest absolute Gasteiger partial charge is 0.416 e. The van der Waals surface area contributed by atoms with Crippen LogP contribution in [0.3, 0.4) is 0 Å². The molecular formula is C16H10ClF3N2O3. The molecule has 0 saturated carbocycles. The highest BCUT2D eigenvalue weighted by Gasteiger charge is 2.31. The molecule has 0 heterocycles. The average Bonchev–Trinajstić information content (AvgIpc) is 2.54. The van der Waals surface area contributed by atoms with E-state index in [0.29, 0.717) is 5.56 Å². The van der Waals surface area contributed by atoms with Crippen LogP contribution in [0.25, 0.3) is 6.08 Å². The van der Waals surface area contributed by atoms with Crippen LogP contribution in [-0.2, 0) is 11.0 Å². The maximum Gasteiger partial charge on any atom is 0.416 e. The zero-order valence-corrected chi connectivity index (χ0v) is 13.1. The second-order valence-corrected chi connectivity index (χ2v) is 5.27. The van der Waals surface area contributed by atoms with Gasteiger partial charge in [0, 0.05) is 18.2 Å². The number of halogens is 4. The molecule has 9 heteroatoms. The van der Waals surface area contributed by atoms with Crippen molar-refractivity contribution in [2.24, 2.45) is 0 Å². The maximum absolute atomic E-state index is 12.7. The van der Waals surface area contributed by atoms with Gasteiger partial charge < -0.3 is 5.32 Å². The summed E-state index contributed by atoms with van der Waals surface area (Å²) in [6.07, 6.45) is -2.11. The van der Waals surface area contributed by atoms with Crippen molar-refractivity contribution in [2.45, 2.75) is 6.18 Å². The van der Waals surface area contributed by atoms with E-state index in [4.69, 9.17) is 11.6 Å². The summed E-state index contributed by atoms with van der Waals surface area (Å²) in [5.41, 5.74) is -0.699. The quantitative estimate of drug-likeness (QED) is 0.471. The van der Waals surface area contributed by atoms with Gasteiger partial charge in [0.05, 0.1) is 21.2 Å². The topological polar surface area (TPSA) is 72.2 Å². The molecule has 0 aliphatic heterocycles. The molecule has 1 amide bonds. The first-order valence-corrected chi connectivity index (χ1v) is 7.15. The molecule has 0 radical (unpaired) electrons. The molecule has 130 valence electrons. The van der Waals surface area contributed by atoms with E-state index >= 15 is 0 Å². The maximum atomic E-state index is 12.7. The van der Waals surface area contributed by atoms with E-state index in [1.807, 2.05) is 0 Å². The number of carbonyl (C=O) groups excluding carboxylic acids is 1. The summed E-state index contributed by atoms with van der Waals surface area (Å²) in [4.78, 5) is 21.8. The molecule has 25 heavy (non-hydrogen) atoms. The smallest absolute Gasteiger partial charge is 0.321 e. The minimum Gasteiger partial charge on any atom is -0.321 e. The van der Waals surface area contributed by atoms with E-state index in [2.05, 4.69) is 5.32 Å². The SMILES string of the molecule is O=C(C=Cc1ccc([N+](=O)[O-])cc1)Nc1cc(C(F)(F)F)ccc1Cl. The number of rotatable bonds is 4. The third-order valence-corrected chi connectivity index (χ3v) is 3.41. The van der Waals surface area contributed by atoms with Gasteiger partial charge in [-0.15, -0.1) is 0 Å². The number of non-ortho nitro benzene ring substituents is 1. The zero-order chi connectivity index (χ0) is 18.6. The summed E-state index contributed by atoms with van der Waals surface area (Å²) in [6, 6.07) is 7.98. The number of anilines is 1. The van der Waals surface area contributed by atoms with Crippen molar-refractivity contribution in [3.05, 3.63) is 74.8 Å². The Labute approximate surface area is 144 Å². The normalized spacial score (nSPS) is 11.5. The molecular weight excluding hydrogens is 361 g/mol. The molecule has 0 bridgehead atoms. The molecule has 2 rings (SSSR count). The Morgan fingerprint density at radius 2 is 1.80 bits per heavy atom. The summed E-state index contributed by atoms with van der Waals surface area (Å²) in [7, 11) is 0. The van der Waals surface area contributed by atoms with Gasteiger partial charge in [0.2, 0.25) is 5.91 Å². The second kappa shape index (κ2) is 7.35. The number of benzene rings is 2. The van der Waals surface area contributed by atoms with Crippen LogP contribution in [0.4, 0.5) is 24.5 Å². The third kappa shape index (κ3) is 5.05. The Bertz CT molecular complexity index is 834. The molecule has 0 aliphatic carbocycles. The first-order valence-electron chi connectivity index (χ1n) is 6.77. The predicted molar refractivity (Wildman–Crippen MR) is 87.2 cm³/mol. The lowest BCUT2D eigenvalue weighted by molar-refractivity contribution is -0.384. The van der Waals surface area contributed by atoms with E-state index in [1.165, 1.54) is 30.3 Å². The van der Waals surface area contributed by atoms with Crippen molar-refractivity contribution in [2.75, 3.05) is 5.32 Å². The monoisotopic (exact) mass is 370 g/mol. The van der Waals surface area contributed by atoms with E-state index in [1.54, 1.807) is 0 Å². The molecule has 0 fully saturated rings. The van der Waals surface area contributed by atoms with Gasteiger partial charge in [-0.3, -0.25) is 14.9 Å². The van der Waals surface area contributed by atoms with Gasteiger partial charge in [-0.2, -0.15) is 13.2 Å². The first kappa shape index (κ1) is 18.5. The molecule has 2 aromatic rings. The number of alkyl halides is 3. The summed E-state index contributed by atoms with van der Waals surface area (Å²) in [5.74, 6) is -0.695. The highest BCUT2D eigenvalue weighted by molar-refractivity contribution is 6.33. The van der Waals surface area contributed by atoms with Crippen LogP contribution < -0.4 is 5.32 Å². The Balaban J connectivity index is 2.10. The van der Waals surface area contributed by atoms with Crippen molar-refractivity contribution < 1.29 is 22.9 Å². The van der Waals surface area contributed by atoms with Crippen molar-refractivity contribution in [3.8, 4) is 0 Å². The fourth-order valence-electron chi connectivity index (χ4n) is 1.85. The van der Waals surface area contributed by atoms with Gasteiger partial charge in [0.25, 0.3) is 5.69 Å². The number of amides is 1. The number of nitrogens with one attached hydrogen (secondary N) is 1. The Hall–Kier alpha value is -2.87. The molecule has 0 saturated heterocycles. The highest BCUT2D eigenvalue weighted by atomic mass is 35.5. The summed E-state index contributed by atoms with van der Waals surface area (Å²) >= 11 is 5.78. The highest BCUT2D eigenvalue weighted by Crippen LogP contribution is 2.33. The summed E-state index contributed by atoms with van der Waals surface area (Å²) in [6.45, 7) is 0. The Kier molecular flexibility index (Phi) is 5.43. The van der Waals surface area contributed by atoms with Crippen LogP contribution in [-0.4, -0.2) is 10.8 Å². The fraction of sp³-hybridized carbons (Fsp3) is 0.0625. The molecule has 0 spiro atoms. The van der Waals surface area contributed by atoms with Crippen LogP contribution in [0.1, 0.15) is 11.1 Å². The van der Waals surface area contributed by atoms with Gasteiger partial charge in [0.15, 0.2) is 0 Å². The number of nitro benzene ring substituents is 1. The van der Waals surface area contributed by atoms with E-state index < -0.39 is 22.6 Å². The van der Waals surface area contributed by atoms with Gasteiger partial charge in [-0.25, -0.2) is 0 Å². The Morgan fingerprint density at radius 3 is 2.36 bits per heavy atom. The van der Waals surface area contributed by atoms with Gasteiger partial charge in [-0.1, -0.05) is 11.6 Å². The molecule has 2 aromatic carbocycles. The van der Waals surface area contributed by atoms with Crippen molar-refractivity contribution >= 4 is 35.0 Å².